The Kier molecular flexibility index (Phi) is 5.40. The number of halogens is 1. The molecule has 0 amide bonds. The van der Waals surface area contributed by atoms with Crippen LogP contribution in [0.5, 0.6) is 5.75 Å². The van der Waals surface area contributed by atoms with E-state index in [1.54, 1.807) is 13.2 Å². The summed E-state index contributed by atoms with van der Waals surface area (Å²) in [5.41, 5.74) is 6.68. The second kappa shape index (κ2) is 6.58. The van der Waals surface area contributed by atoms with Crippen LogP contribution in [0.25, 0.3) is 0 Å². The van der Waals surface area contributed by atoms with Crippen LogP contribution >= 0.6 is 15.9 Å². The first kappa shape index (κ1) is 14.0. The van der Waals surface area contributed by atoms with Gasteiger partial charge in [-0.3, -0.25) is 0 Å². The number of rotatable bonds is 6. The van der Waals surface area contributed by atoms with Crippen LogP contribution in [0.3, 0.4) is 0 Å². The van der Waals surface area contributed by atoms with Crippen molar-refractivity contribution in [2.24, 2.45) is 5.73 Å². The van der Waals surface area contributed by atoms with E-state index in [1.165, 1.54) is 0 Å². The average molecular weight is 304 g/mol. The van der Waals surface area contributed by atoms with E-state index in [-0.39, 0.29) is 13.2 Å². The number of aliphatic carboxylic acids is 1. The molecule has 0 spiro atoms. The molecule has 0 saturated carbocycles. The van der Waals surface area contributed by atoms with Crippen LogP contribution in [0.1, 0.15) is 11.6 Å². The molecule has 0 heterocycles. The van der Waals surface area contributed by atoms with Gasteiger partial charge in [-0.05, 0) is 18.2 Å². The SMILES string of the molecule is COc1ccc(Br)cc1C(N)COCC(=O)O. The Morgan fingerprint density at radius 3 is 2.88 bits per heavy atom. The minimum Gasteiger partial charge on any atom is -0.496 e. The van der Waals surface area contributed by atoms with Gasteiger partial charge in [-0.2, -0.15) is 0 Å². The Labute approximate surface area is 108 Å². The number of carboxylic acids is 1. The molecule has 94 valence electrons. The molecule has 1 unspecified atom stereocenters. The van der Waals surface area contributed by atoms with Gasteiger partial charge < -0.3 is 20.3 Å². The highest BCUT2D eigenvalue weighted by Gasteiger charge is 2.13. The highest BCUT2D eigenvalue weighted by atomic mass is 79.9. The zero-order chi connectivity index (χ0) is 12.8. The number of hydrogen-bond donors (Lipinski definition) is 2. The lowest BCUT2D eigenvalue weighted by molar-refractivity contribution is -0.142. The van der Waals surface area contributed by atoms with Gasteiger partial charge in [-0.15, -0.1) is 0 Å². The minimum atomic E-state index is -1.02. The van der Waals surface area contributed by atoms with Crippen LogP contribution < -0.4 is 10.5 Å². The van der Waals surface area contributed by atoms with Crippen molar-refractivity contribution in [3.05, 3.63) is 28.2 Å². The topological polar surface area (TPSA) is 81.8 Å². The molecule has 0 aliphatic carbocycles. The lowest BCUT2D eigenvalue weighted by Gasteiger charge is -2.15. The fourth-order valence-corrected chi connectivity index (χ4v) is 1.74. The van der Waals surface area contributed by atoms with Crippen molar-refractivity contribution in [2.45, 2.75) is 6.04 Å². The molecule has 0 aliphatic heterocycles. The first-order chi connectivity index (χ1) is 8.04. The molecule has 6 heteroatoms. The van der Waals surface area contributed by atoms with E-state index < -0.39 is 12.0 Å². The summed E-state index contributed by atoms with van der Waals surface area (Å²) >= 11 is 3.34. The molecule has 1 rings (SSSR count). The number of methoxy groups -OCH3 is 1. The highest BCUT2D eigenvalue weighted by Crippen LogP contribution is 2.27. The second-order valence-corrected chi connectivity index (χ2v) is 4.32. The van der Waals surface area contributed by atoms with Crippen molar-refractivity contribution >= 4 is 21.9 Å². The summed E-state index contributed by atoms with van der Waals surface area (Å²) in [7, 11) is 1.55. The minimum absolute atomic E-state index is 0.124. The van der Waals surface area contributed by atoms with Crippen molar-refractivity contribution < 1.29 is 19.4 Å². The molecule has 0 aromatic heterocycles. The van der Waals surface area contributed by atoms with Crippen LogP contribution in [-0.4, -0.2) is 31.4 Å². The predicted octanol–water partition coefficient (Wildman–Crippen LogP) is 1.56. The molecule has 1 aromatic carbocycles. The number of benzene rings is 1. The summed E-state index contributed by atoms with van der Waals surface area (Å²) in [6, 6.07) is 5.03. The van der Waals surface area contributed by atoms with Gasteiger partial charge in [0.05, 0.1) is 19.8 Å². The Morgan fingerprint density at radius 2 is 2.29 bits per heavy atom. The van der Waals surface area contributed by atoms with Gasteiger partial charge in [0.2, 0.25) is 0 Å². The summed E-state index contributed by atoms with van der Waals surface area (Å²) in [5, 5.41) is 8.44. The fourth-order valence-electron chi connectivity index (χ4n) is 1.36. The van der Waals surface area contributed by atoms with Gasteiger partial charge >= 0.3 is 5.97 Å². The van der Waals surface area contributed by atoms with Crippen LogP contribution in [0.2, 0.25) is 0 Å². The van der Waals surface area contributed by atoms with Gasteiger partial charge in [-0.1, -0.05) is 15.9 Å². The molecule has 0 saturated heterocycles. The molecule has 3 N–H and O–H groups in total. The summed E-state index contributed by atoms with van der Waals surface area (Å²) < 4.78 is 11.0. The third-order valence-electron chi connectivity index (χ3n) is 2.11. The quantitative estimate of drug-likeness (QED) is 0.833. The van der Waals surface area contributed by atoms with Crippen molar-refractivity contribution in [2.75, 3.05) is 20.3 Å². The largest absolute Gasteiger partial charge is 0.496 e. The van der Waals surface area contributed by atoms with Gasteiger partial charge in [0.1, 0.15) is 12.4 Å². The molecular weight excluding hydrogens is 290 g/mol. The first-order valence-electron chi connectivity index (χ1n) is 4.93. The average Bonchev–Trinajstić information content (AvgIpc) is 2.28. The zero-order valence-electron chi connectivity index (χ0n) is 9.35. The Balaban J connectivity index is 2.69. The van der Waals surface area contributed by atoms with E-state index in [0.717, 1.165) is 10.0 Å². The van der Waals surface area contributed by atoms with E-state index in [2.05, 4.69) is 15.9 Å². The molecule has 0 radical (unpaired) electrons. The first-order valence-corrected chi connectivity index (χ1v) is 5.72. The fraction of sp³-hybridized carbons (Fsp3) is 0.364. The molecule has 0 fully saturated rings. The third-order valence-corrected chi connectivity index (χ3v) is 2.61. The van der Waals surface area contributed by atoms with E-state index in [9.17, 15) is 4.79 Å². The van der Waals surface area contributed by atoms with Gasteiger partial charge in [0.15, 0.2) is 0 Å². The molecule has 17 heavy (non-hydrogen) atoms. The molecule has 1 aromatic rings. The van der Waals surface area contributed by atoms with E-state index in [0.29, 0.717) is 5.75 Å². The highest BCUT2D eigenvalue weighted by molar-refractivity contribution is 9.10. The summed E-state index contributed by atoms with van der Waals surface area (Å²) in [5.74, 6) is -0.363. The number of nitrogens with two attached hydrogens (primary N) is 1. The maximum absolute atomic E-state index is 10.3. The number of ether oxygens (including phenoxy) is 2. The van der Waals surface area contributed by atoms with Crippen molar-refractivity contribution in [1.82, 2.24) is 0 Å². The van der Waals surface area contributed by atoms with E-state index >= 15 is 0 Å². The summed E-state index contributed by atoms with van der Waals surface area (Å²) in [6.07, 6.45) is 0. The Hall–Kier alpha value is -1.11. The van der Waals surface area contributed by atoms with E-state index in [4.69, 9.17) is 20.3 Å². The predicted molar refractivity (Wildman–Crippen MR) is 66.1 cm³/mol. The normalized spacial score (nSPS) is 12.2. The molecule has 0 bridgehead atoms. The Morgan fingerprint density at radius 1 is 1.59 bits per heavy atom. The zero-order valence-corrected chi connectivity index (χ0v) is 10.9. The Bertz CT molecular complexity index is 397. The maximum atomic E-state index is 10.3. The van der Waals surface area contributed by atoms with Gasteiger partial charge in [0, 0.05) is 10.0 Å². The lowest BCUT2D eigenvalue weighted by atomic mass is 10.1. The van der Waals surface area contributed by atoms with Crippen molar-refractivity contribution in [3.8, 4) is 5.75 Å². The van der Waals surface area contributed by atoms with Crippen LogP contribution in [0, 0.1) is 0 Å². The third kappa shape index (κ3) is 4.33. The van der Waals surface area contributed by atoms with Crippen LogP contribution in [-0.2, 0) is 9.53 Å². The van der Waals surface area contributed by atoms with Crippen molar-refractivity contribution in [1.29, 1.82) is 0 Å². The number of hydrogen-bond acceptors (Lipinski definition) is 4. The van der Waals surface area contributed by atoms with E-state index in [1.807, 2.05) is 12.1 Å². The standard InChI is InChI=1S/C11H14BrNO4/c1-16-10-3-2-7(12)4-8(10)9(13)5-17-6-11(14)15/h2-4,9H,5-6,13H2,1H3,(H,14,15). The lowest BCUT2D eigenvalue weighted by Crippen LogP contribution is -2.20. The van der Waals surface area contributed by atoms with Gasteiger partial charge in [-0.25, -0.2) is 4.79 Å². The molecule has 5 nitrogen and oxygen atoms in total. The summed E-state index contributed by atoms with van der Waals surface area (Å²) in [6.45, 7) is -0.233. The number of carboxylic acid groups (broad SMARTS) is 1. The molecular formula is C11H14BrNO4. The molecule has 0 aliphatic rings. The second-order valence-electron chi connectivity index (χ2n) is 3.40. The monoisotopic (exact) mass is 303 g/mol. The molecule has 1 atom stereocenters. The van der Waals surface area contributed by atoms with Crippen LogP contribution in [0.15, 0.2) is 22.7 Å². The smallest absolute Gasteiger partial charge is 0.329 e. The van der Waals surface area contributed by atoms with Crippen molar-refractivity contribution in [3.63, 3.8) is 0 Å². The summed E-state index contributed by atoms with van der Waals surface area (Å²) in [4.78, 5) is 10.3. The van der Waals surface area contributed by atoms with Crippen LogP contribution in [0.4, 0.5) is 0 Å². The maximum Gasteiger partial charge on any atom is 0.329 e. The number of carbonyl (C=O) groups is 1. The van der Waals surface area contributed by atoms with Gasteiger partial charge in [0.25, 0.3) is 0 Å².